The lowest BCUT2D eigenvalue weighted by Gasteiger charge is -2.10. The summed E-state index contributed by atoms with van der Waals surface area (Å²) in [5.41, 5.74) is 1.31. The first kappa shape index (κ1) is 11.6. The molecule has 0 fully saturated rings. The molecule has 0 heterocycles. The topological polar surface area (TPSA) is 26.3 Å². The molecule has 4 heteroatoms. The molecule has 1 rings (SSSR count). The normalized spacial score (nSPS) is 10.5. The first-order chi connectivity index (χ1) is 7.00. The molecule has 0 aliphatic rings. The maximum atomic E-state index is 12.0. The van der Waals surface area contributed by atoms with Gasteiger partial charge in [0.2, 0.25) is 0 Å². The highest BCUT2D eigenvalue weighted by atomic mass is 19.3. The molecule has 0 aliphatic heterocycles. The SMILES string of the molecule is CC(=O)Cc1cccc(OC(F)F)c1C. The van der Waals surface area contributed by atoms with Crippen LogP contribution in [0.4, 0.5) is 8.78 Å². The minimum atomic E-state index is -2.84. The summed E-state index contributed by atoms with van der Waals surface area (Å²) in [5, 5.41) is 0. The Hall–Kier alpha value is -1.45. The van der Waals surface area contributed by atoms with Gasteiger partial charge >= 0.3 is 6.61 Å². The smallest absolute Gasteiger partial charge is 0.387 e. The number of carbonyl (C=O) groups is 1. The first-order valence-electron chi connectivity index (χ1n) is 4.53. The Balaban J connectivity index is 2.95. The summed E-state index contributed by atoms with van der Waals surface area (Å²) in [6.45, 7) is 0.284. The van der Waals surface area contributed by atoms with E-state index in [-0.39, 0.29) is 18.0 Å². The van der Waals surface area contributed by atoms with Crippen LogP contribution in [0.1, 0.15) is 18.1 Å². The molecule has 2 nitrogen and oxygen atoms in total. The van der Waals surface area contributed by atoms with E-state index in [4.69, 9.17) is 0 Å². The third-order valence-electron chi connectivity index (χ3n) is 2.05. The number of hydrogen-bond acceptors (Lipinski definition) is 2. The average Bonchev–Trinajstić information content (AvgIpc) is 2.10. The Morgan fingerprint density at radius 1 is 1.47 bits per heavy atom. The van der Waals surface area contributed by atoms with Gasteiger partial charge in [0.05, 0.1) is 0 Å². The van der Waals surface area contributed by atoms with Gasteiger partial charge in [-0.2, -0.15) is 8.78 Å². The van der Waals surface area contributed by atoms with Gasteiger partial charge in [0, 0.05) is 6.42 Å². The zero-order valence-corrected chi connectivity index (χ0v) is 8.59. The molecule has 0 N–H and O–H groups in total. The van der Waals surface area contributed by atoms with E-state index < -0.39 is 6.61 Å². The van der Waals surface area contributed by atoms with E-state index in [1.165, 1.54) is 13.0 Å². The van der Waals surface area contributed by atoms with Crippen molar-refractivity contribution >= 4 is 5.78 Å². The van der Waals surface area contributed by atoms with Gasteiger partial charge in [0.1, 0.15) is 11.5 Å². The molecule has 1 aromatic rings. The first-order valence-corrected chi connectivity index (χ1v) is 4.53. The Labute approximate surface area is 86.9 Å². The maximum Gasteiger partial charge on any atom is 0.387 e. The minimum Gasteiger partial charge on any atom is -0.435 e. The number of benzene rings is 1. The molecule has 0 atom stereocenters. The molecule has 0 saturated heterocycles. The molecule has 0 radical (unpaired) electrons. The van der Waals surface area contributed by atoms with Crippen LogP contribution < -0.4 is 4.74 Å². The van der Waals surface area contributed by atoms with E-state index in [2.05, 4.69) is 4.74 Å². The number of halogens is 2. The second-order valence-electron chi connectivity index (χ2n) is 3.30. The number of alkyl halides is 2. The van der Waals surface area contributed by atoms with Crippen LogP contribution in [0.2, 0.25) is 0 Å². The molecule has 82 valence electrons. The van der Waals surface area contributed by atoms with Crippen molar-refractivity contribution in [2.24, 2.45) is 0 Å². The van der Waals surface area contributed by atoms with E-state index in [0.29, 0.717) is 5.56 Å². The average molecular weight is 214 g/mol. The fraction of sp³-hybridized carbons (Fsp3) is 0.364. The van der Waals surface area contributed by atoms with E-state index in [1.807, 2.05) is 0 Å². The number of ketones is 1. The van der Waals surface area contributed by atoms with Crippen LogP contribution in [-0.4, -0.2) is 12.4 Å². The Morgan fingerprint density at radius 3 is 2.67 bits per heavy atom. The minimum absolute atomic E-state index is 0.00713. The molecule has 0 saturated carbocycles. The van der Waals surface area contributed by atoms with Gasteiger partial charge in [0.15, 0.2) is 0 Å². The van der Waals surface area contributed by atoms with Gasteiger partial charge in [-0.05, 0) is 31.0 Å². The predicted octanol–water partition coefficient (Wildman–Crippen LogP) is 2.73. The number of Topliss-reactive ketones (excluding diaryl/α,β-unsaturated/α-hetero) is 1. The van der Waals surface area contributed by atoms with Crippen LogP contribution in [0.5, 0.6) is 5.75 Å². The van der Waals surface area contributed by atoms with E-state index in [9.17, 15) is 13.6 Å². The van der Waals surface area contributed by atoms with Gasteiger partial charge in [-0.15, -0.1) is 0 Å². The molecular formula is C11H12F2O2. The van der Waals surface area contributed by atoms with Crippen molar-refractivity contribution in [1.82, 2.24) is 0 Å². The third-order valence-corrected chi connectivity index (χ3v) is 2.05. The quantitative estimate of drug-likeness (QED) is 0.770. The Morgan fingerprint density at radius 2 is 2.13 bits per heavy atom. The molecule has 0 bridgehead atoms. The van der Waals surface area contributed by atoms with Gasteiger partial charge < -0.3 is 4.74 Å². The molecule has 0 amide bonds. The highest BCUT2D eigenvalue weighted by molar-refractivity contribution is 5.78. The fourth-order valence-corrected chi connectivity index (χ4v) is 1.34. The van der Waals surface area contributed by atoms with Crippen molar-refractivity contribution in [3.8, 4) is 5.75 Å². The van der Waals surface area contributed by atoms with Crippen molar-refractivity contribution in [3.63, 3.8) is 0 Å². The van der Waals surface area contributed by atoms with Gasteiger partial charge in [-0.25, -0.2) is 0 Å². The standard InChI is InChI=1S/C11H12F2O2/c1-7(14)6-9-4-3-5-10(8(9)2)15-11(12)13/h3-5,11H,6H2,1-2H3. The number of ether oxygens (including phenoxy) is 1. The summed E-state index contributed by atoms with van der Waals surface area (Å²) in [6.07, 6.45) is 0.242. The molecule has 15 heavy (non-hydrogen) atoms. The van der Waals surface area contributed by atoms with Gasteiger partial charge in [0.25, 0.3) is 0 Å². The van der Waals surface area contributed by atoms with Gasteiger partial charge in [-0.1, -0.05) is 12.1 Å². The third kappa shape index (κ3) is 3.31. The second-order valence-corrected chi connectivity index (χ2v) is 3.30. The molecular weight excluding hydrogens is 202 g/mol. The lowest BCUT2D eigenvalue weighted by atomic mass is 10.0. The molecule has 1 aromatic carbocycles. The Kier molecular flexibility index (Phi) is 3.77. The number of hydrogen-bond donors (Lipinski definition) is 0. The van der Waals surface area contributed by atoms with Gasteiger partial charge in [-0.3, -0.25) is 4.79 Å². The lowest BCUT2D eigenvalue weighted by Crippen LogP contribution is -2.06. The lowest BCUT2D eigenvalue weighted by molar-refractivity contribution is -0.116. The van der Waals surface area contributed by atoms with E-state index in [1.54, 1.807) is 19.1 Å². The van der Waals surface area contributed by atoms with E-state index >= 15 is 0 Å². The van der Waals surface area contributed by atoms with Crippen LogP contribution in [0.25, 0.3) is 0 Å². The Bertz CT molecular complexity index is 362. The highest BCUT2D eigenvalue weighted by Crippen LogP contribution is 2.23. The molecule has 0 aromatic heterocycles. The fourth-order valence-electron chi connectivity index (χ4n) is 1.34. The van der Waals surface area contributed by atoms with Crippen molar-refractivity contribution in [1.29, 1.82) is 0 Å². The zero-order valence-electron chi connectivity index (χ0n) is 8.59. The van der Waals surface area contributed by atoms with Crippen molar-refractivity contribution in [2.75, 3.05) is 0 Å². The maximum absolute atomic E-state index is 12.0. The summed E-state index contributed by atoms with van der Waals surface area (Å²) in [7, 11) is 0. The largest absolute Gasteiger partial charge is 0.435 e. The highest BCUT2D eigenvalue weighted by Gasteiger charge is 2.10. The predicted molar refractivity (Wildman–Crippen MR) is 52.2 cm³/mol. The van der Waals surface area contributed by atoms with Crippen LogP contribution >= 0.6 is 0 Å². The van der Waals surface area contributed by atoms with Crippen LogP contribution in [0, 0.1) is 6.92 Å². The van der Waals surface area contributed by atoms with Crippen LogP contribution in [0.15, 0.2) is 18.2 Å². The summed E-state index contributed by atoms with van der Waals surface area (Å²) >= 11 is 0. The van der Waals surface area contributed by atoms with Crippen molar-refractivity contribution < 1.29 is 18.3 Å². The molecule has 0 aliphatic carbocycles. The second kappa shape index (κ2) is 4.87. The van der Waals surface area contributed by atoms with E-state index in [0.717, 1.165) is 5.56 Å². The van der Waals surface area contributed by atoms with Crippen molar-refractivity contribution in [3.05, 3.63) is 29.3 Å². The molecule has 0 spiro atoms. The van der Waals surface area contributed by atoms with Crippen LogP contribution in [-0.2, 0) is 11.2 Å². The summed E-state index contributed by atoms with van der Waals surface area (Å²) in [4.78, 5) is 10.9. The molecule has 0 unspecified atom stereocenters. The summed E-state index contributed by atoms with van der Waals surface area (Å²) in [5.74, 6) is 0.121. The number of rotatable bonds is 4. The summed E-state index contributed by atoms with van der Waals surface area (Å²) in [6, 6.07) is 4.79. The monoisotopic (exact) mass is 214 g/mol. The van der Waals surface area contributed by atoms with Crippen LogP contribution in [0.3, 0.4) is 0 Å². The zero-order chi connectivity index (χ0) is 11.4. The van der Waals surface area contributed by atoms with Crippen molar-refractivity contribution in [2.45, 2.75) is 26.9 Å². The number of carbonyl (C=O) groups excluding carboxylic acids is 1. The summed E-state index contributed by atoms with van der Waals surface area (Å²) < 4.78 is 28.3.